The van der Waals surface area contributed by atoms with Crippen LogP contribution in [0.15, 0.2) is 34.9 Å². The molecule has 1 unspecified atom stereocenters. The number of methoxy groups -OCH3 is 1. The Morgan fingerprint density at radius 1 is 1.33 bits per heavy atom. The Kier molecular flexibility index (Phi) is 5.46. The van der Waals surface area contributed by atoms with Crippen molar-refractivity contribution in [1.29, 1.82) is 0 Å². The Labute approximate surface area is 150 Å². The van der Waals surface area contributed by atoms with Crippen molar-refractivity contribution in [2.75, 3.05) is 26.8 Å². The van der Waals surface area contributed by atoms with Gasteiger partial charge in [0.15, 0.2) is 0 Å². The largest absolute Gasteiger partial charge is 0.467 e. The van der Waals surface area contributed by atoms with Gasteiger partial charge in [-0.15, -0.1) is 0 Å². The van der Waals surface area contributed by atoms with E-state index in [9.17, 15) is 4.79 Å². The van der Waals surface area contributed by atoms with Gasteiger partial charge in [0.2, 0.25) is 0 Å². The van der Waals surface area contributed by atoms with Crippen molar-refractivity contribution in [3.05, 3.63) is 57.5 Å². The molecule has 2 heterocycles. The minimum atomic E-state index is -0.395. The number of hydrogen-bond acceptors (Lipinski definition) is 5. The third kappa shape index (κ3) is 3.75. The van der Waals surface area contributed by atoms with Gasteiger partial charge in [-0.1, -0.05) is 29.3 Å². The summed E-state index contributed by atoms with van der Waals surface area (Å²) in [4.78, 5) is 13.9. The quantitative estimate of drug-likeness (QED) is 0.763. The van der Waals surface area contributed by atoms with Crippen LogP contribution < -0.4 is 0 Å². The van der Waals surface area contributed by atoms with E-state index in [0.717, 1.165) is 12.1 Å². The molecular weight excluding hydrogens is 353 g/mol. The number of carbonyl (C=O) groups is 1. The first kappa shape index (κ1) is 17.3. The highest BCUT2D eigenvalue weighted by molar-refractivity contribution is 6.42. The summed E-state index contributed by atoms with van der Waals surface area (Å²) in [6, 6.07) is 7.13. The smallest absolute Gasteiger partial charge is 0.341 e. The Balaban J connectivity index is 1.71. The molecule has 0 bridgehead atoms. The molecule has 1 saturated heterocycles. The van der Waals surface area contributed by atoms with Gasteiger partial charge in [0, 0.05) is 13.1 Å². The summed E-state index contributed by atoms with van der Waals surface area (Å²) in [6.45, 7) is 2.51. The molecule has 0 saturated carbocycles. The van der Waals surface area contributed by atoms with Crippen molar-refractivity contribution >= 4 is 29.2 Å². The summed E-state index contributed by atoms with van der Waals surface area (Å²) in [5.74, 6) is 0.199. The molecule has 128 valence electrons. The Bertz CT molecular complexity index is 731. The van der Waals surface area contributed by atoms with Crippen LogP contribution >= 0.6 is 23.2 Å². The fourth-order valence-electron chi connectivity index (χ4n) is 2.72. The normalized spacial score (nSPS) is 18.5. The zero-order valence-corrected chi connectivity index (χ0v) is 14.6. The summed E-state index contributed by atoms with van der Waals surface area (Å²) in [6.07, 6.45) is 1.39. The van der Waals surface area contributed by atoms with Crippen LogP contribution in [0.2, 0.25) is 10.0 Å². The number of rotatable bonds is 4. The number of furan rings is 1. The van der Waals surface area contributed by atoms with Crippen molar-refractivity contribution in [2.45, 2.75) is 12.6 Å². The van der Waals surface area contributed by atoms with Gasteiger partial charge in [0.25, 0.3) is 0 Å². The highest BCUT2D eigenvalue weighted by Gasteiger charge is 2.25. The van der Waals surface area contributed by atoms with Gasteiger partial charge in [0.1, 0.15) is 11.3 Å². The van der Waals surface area contributed by atoms with Gasteiger partial charge in [-0.05, 0) is 23.8 Å². The Morgan fingerprint density at radius 2 is 2.17 bits per heavy atom. The molecule has 5 nitrogen and oxygen atoms in total. The SMILES string of the molecule is COC(=O)c1ccoc1CN1CCOC(c2ccc(Cl)c(Cl)c2)C1. The Morgan fingerprint density at radius 3 is 2.92 bits per heavy atom. The molecule has 1 aliphatic rings. The fraction of sp³-hybridized carbons (Fsp3) is 0.353. The second-order valence-corrected chi connectivity index (χ2v) is 6.33. The highest BCUT2D eigenvalue weighted by atomic mass is 35.5. The molecular formula is C17H17Cl2NO4. The summed E-state index contributed by atoms with van der Waals surface area (Å²) in [7, 11) is 1.36. The molecule has 0 radical (unpaired) electrons. The van der Waals surface area contributed by atoms with Crippen LogP contribution in [0.4, 0.5) is 0 Å². The molecule has 1 aromatic carbocycles. The zero-order valence-electron chi connectivity index (χ0n) is 13.1. The van der Waals surface area contributed by atoms with Crippen LogP contribution in [-0.2, 0) is 16.0 Å². The summed E-state index contributed by atoms with van der Waals surface area (Å²) >= 11 is 12.1. The molecule has 0 N–H and O–H groups in total. The second kappa shape index (κ2) is 7.57. The maximum absolute atomic E-state index is 11.7. The predicted molar refractivity (Wildman–Crippen MR) is 90.5 cm³/mol. The lowest BCUT2D eigenvalue weighted by atomic mass is 10.1. The average molecular weight is 370 g/mol. The van der Waals surface area contributed by atoms with Gasteiger partial charge in [-0.25, -0.2) is 4.79 Å². The molecule has 3 rings (SSSR count). The number of halogens is 2. The summed E-state index contributed by atoms with van der Waals surface area (Å²) < 4.78 is 16.1. The Hall–Kier alpha value is -1.53. The highest BCUT2D eigenvalue weighted by Crippen LogP contribution is 2.29. The number of hydrogen-bond donors (Lipinski definition) is 0. The van der Waals surface area contributed by atoms with Crippen molar-refractivity contribution in [3.63, 3.8) is 0 Å². The first-order valence-electron chi connectivity index (χ1n) is 7.52. The van der Waals surface area contributed by atoms with E-state index in [1.54, 1.807) is 12.1 Å². The summed E-state index contributed by atoms with van der Waals surface area (Å²) in [5.41, 5.74) is 1.43. The molecule has 0 amide bonds. The number of morpholine rings is 1. The standard InChI is InChI=1S/C17H17Cl2NO4/c1-22-17(21)12-4-6-23-16(12)10-20-5-7-24-15(9-20)11-2-3-13(18)14(19)8-11/h2-4,6,8,15H,5,7,9-10H2,1H3. The molecule has 1 aliphatic heterocycles. The monoisotopic (exact) mass is 369 g/mol. The van der Waals surface area contributed by atoms with E-state index in [0.29, 0.717) is 41.1 Å². The average Bonchev–Trinajstić information content (AvgIpc) is 3.05. The zero-order chi connectivity index (χ0) is 17.1. The second-order valence-electron chi connectivity index (χ2n) is 5.52. The van der Waals surface area contributed by atoms with Crippen molar-refractivity contribution < 1.29 is 18.7 Å². The maximum atomic E-state index is 11.7. The minimum Gasteiger partial charge on any atom is -0.467 e. The lowest BCUT2D eigenvalue weighted by Crippen LogP contribution is -2.38. The summed E-state index contributed by atoms with van der Waals surface area (Å²) in [5, 5.41) is 1.03. The maximum Gasteiger partial charge on any atom is 0.341 e. The van der Waals surface area contributed by atoms with Crippen LogP contribution in [0.5, 0.6) is 0 Å². The lowest BCUT2D eigenvalue weighted by molar-refractivity contribution is -0.0347. The van der Waals surface area contributed by atoms with Gasteiger partial charge >= 0.3 is 5.97 Å². The van der Waals surface area contributed by atoms with Crippen LogP contribution in [0.3, 0.4) is 0 Å². The van der Waals surface area contributed by atoms with Gasteiger partial charge in [0.05, 0.1) is 42.7 Å². The van der Waals surface area contributed by atoms with Crippen LogP contribution in [0.25, 0.3) is 0 Å². The molecule has 0 spiro atoms. The molecule has 0 aliphatic carbocycles. The first-order chi connectivity index (χ1) is 11.6. The minimum absolute atomic E-state index is 0.106. The molecule has 2 aromatic rings. The molecule has 7 heteroatoms. The first-order valence-corrected chi connectivity index (χ1v) is 8.27. The van der Waals surface area contributed by atoms with E-state index in [4.69, 9.17) is 37.1 Å². The topological polar surface area (TPSA) is 51.9 Å². The number of nitrogens with zero attached hydrogens (tertiary/aromatic N) is 1. The van der Waals surface area contributed by atoms with Gasteiger partial charge < -0.3 is 13.9 Å². The van der Waals surface area contributed by atoms with Crippen molar-refractivity contribution in [2.24, 2.45) is 0 Å². The third-order valence-corrected chi connectivity index (χ3v) is 4.72. The fourth-order valence-corrected chi connectivity index (χ4v) is 3.02. The van der Waals surface area contributed by atoms with Crippen LogP contribution in [-0.4, -0.2) is 37.7 Å². The van der Waals surface area contributed by atoms with Crippen LogP contribution in [0.1, 0.15) is 27.8 Å². The van der Waals surface area contributed by atoms with E-state index in [1.165, 1.54) is 13.4 Å². The van der Waals surface area contributed by atoms with Gasteiger partial charge in [-0.3, -0.25) is 4.90 Å². The molecule has 1 fully saturated rings. The van der Waals surface area contributed by atoms with E-state index in [-0.39, 0.29) is 6.10 Å². The van der Waals surface area contributed by atoms with Crippen LogP contribution in [0, 0.1) is 0 Å². The van der Waals surface area contributed by atoms with Gasteiger partial charge in [-0.2, -0.15) is 0 Å². The van der Waals surface area contributed by atoms with E-state index in [1.807, 2.05) is 12.1 Å². The van der Waals surface area contributed by atoms with E-state index >= 15 is 0 Å². The number of benzene rings is 1. The lowest BCUT2D eigenvalue weighted by Gasteiger charge is -2.32. The number of esters is 1. The molecule has 1 aromatic heterocycles. The van der Waals surface area contributed by atoms with Crippen molar-refractivity contribution in [1.82, 2.24) is 4.90 Å². The van der Waals surface area contributed by atoms with E-state index in [2.05, 4.69) is 4.90 Å². The van der Waals surface area contributed by atoms with Crippen molar-refractivity contribution in [3.8, 4) is 0 Å². The van der Waals surface area contributed by atoms with E-state index < -0.39 is 5.97 Å². The third-order valence-electron chi connectivity index (χ3n) is 3.98. The predicted octanol–water partition coefficient (Wildman–Crippen LogP) is 3.95. The number of ether oxygens (including phenoxy) is 2. The number of carbonyl (C=O) groups excluding carboxylic acids is 1. The molecule has 24 heavy (non-hydrogen) atoms. The molecule has 1 atom stereocenters.